The molecule has 1 aromatic rings. The molecule has 0 aromatic carbocycles. The summed E-state index contributed by atoms with van der Waals surface area (Å²) in [6, 6.07) is 5.38. The Morgan fingerprint density at radius 1 is 1.40 bits per heavy atom. The van der Waals surface area contributed by atoms with E-state index in [2.05, 4.69) is 60.1 Å². The number of anilines is 1. The summed E-state index contributed by atoms with van der Waals surface area (Å²) >= 11 is 0. The molecule has 4 heteroatoms. The predicted molar refractivity (Wildman–Crippen MR) is 85.3 cm³/mol. The van der Waals surface area contributed by atoms with E-state index in [9.17, 15) is 0 Å². The summed E-state index contributed by atoms with van der Waals surface area (Å²) in [4.78, 5) is 9.47. The number of hydrogen-bond acceptors (Lipinski definition) is 4. The average Bonchev–Trinajstić information content (AvgIpc) is 2.48. The minimum atomic E-state index is 0.385. The van der Waals surface area contributed by atoms with Gasteiger partial charge in [-0.05, 0) is 44.6 Å². The zero-order chi connectivity index (χ0) is 14.5. The van der Waals surface area contributed by atoms with Crippen molar-refractivity contribution < 1.29 is 0 Å². The lowest BCUT2D eigenvalue weighted by Gasteiger charge is -2.39. The second-order valence-electron chi connectivity index (χ2n) is 5.72. The highest BCUT2D eigenvalue weighted by molar-refractivity contribution is 5.42. The SMILES string of the molecule is CCNC(C)c1ccnc(N2CCN(C)C(CC)C2)c1. The second-order valence-corrected chi connectivity index (χ2v) is 5.72. The molecule has 0 aliphatic carbocycles. The first-order valence-electron chi connectivity index (χ1n) is 7.80. The van der Waals surface area contributed by atoms with Gasteiger partial charge >= 0.3 is 0 Å². The van der Waals surface area contributed by atoms with E-state index in [4.69, 9.17) is 0 Å². The molecule has 2 unspecified atom stereocenters. The summed E-state index contributed by atoms with van der Waals surface area (Å²) in [7, 11) is 2.22. The molecule has 0 saturated carbocycles. The predicted octanol–water partition coefficient (Wildman–Crippen LogP) is 2.28. The van der Waals surface area contributed by atoms with Gasteiger partial charge in [0.1, 0.15) is 5.82 Å². The van der Waals surface area contributed by atoms with Crippen molar-refractivity contribution >= 4 is 5.82 Å². The first kappa shape index (κ1) is 15.3. The molecule has 1 aromatic heterocycles. The largest absolute Gasteiger partial charge is 0.354 e. The molecular formula is C16H28N4. The fraction of sp³-hybridized carbons (Fsp3) is 0.688. The summed E-state index contributed by atoms with van der Waals surface area (Å²) < 4.78 is 0. The van der Waals surface area contributed by atoms with Crippen molar-refractivity contribution in [1.29, 1.82) is 0 Å². The first-order chi connectivity index (χ1) is 9.65. The number of likely N-dealkylation sites (N-methyl/N-ethyl adjacent to an activating group) is 1. The molecule has 2 rings (SSSR count). The van der Waals surface area contributed by atoms with E-state index in [0.717, 1.165) is 32.0 Å². The molecule has 1 saturated heterocycles. The molecule has 0 radical (unpaired) electrons. The van der Waals surface area contributed by atoms with Gasteiger partial charge in [-0.3, -0.25) is 4.90 Å². The fourth-order valence-electron chi connectivity index (χ4n) is 2.90. The topological polar surface area (TPSA) is 31.4 Å². The number of nitrogens with zero attached hydrogens (tertiary/aromatic N) is 3. The minimum absolute atomic E-state index is 0.385. The van der Waals surface area contributed by atoms with Crippen molar-refractivity contribution in [3.63, 3.8) is 0 Å². The second kappa shape index (κ2) is 7.04. The van der Waals surface area contributed by atoms with Crippen LogP contribution in [0.4, 0.5) is 5.82 Å². The van der Waals surface area contributed by atoms with Gasteiger partial charge in [0.05, 0.1) is 0 Å². The number of rotatable bonds is 5. The molecule has 1 fully saturated rings. The molecule has 0 spiro atoms. The van der Waals surface area contributed by atoms with Crippen molar-refractivity contribution in [2.24, 2.45) is 0 Å². The minimum Gasteiger partial charge on any atom is -0.354 e. The van der Waals surface area contributed by atoms with E-state index in [1.165, 1.54) is 12.0 Å². The van der Waals surface area contributed by atoms with Gasteiger partial charge in [0, 0.05) is 37.9 Å². The quantitative estimate of drug-likeness (QED) is 0.894. The fourth-order valence-corrected chi connectivity index (χ4v) is 2.90. The molecular weight excluding hydrogens is 248 g/mol. The Balaban J connectivity index is 2.10. The summed E-state index contributed by atoms with van der Waals surface area (Å²) in [5.74, 6) is 1.12. The van der Waals surface area contributed by atoms with Crippen molar-refractivity contribution in [3.8, 4) is 0 Å². The van der Waals surface area contributed by atoms with Crippen molar-refractivity contribution in [2.45, 2.75) is 39.3 Å². The molecule has 1 aliphatic heterocycles. The number of hydrogen-bond donors (Lipinski definition) is 1. The van der Waals surface area contributed by atoms with Gasteiger partial charge in [-0.15, -0.1) is 0 Å². The highest BCUT2D eigenvalue weighted by Gasteiger charge is 2.23. The van der Waals surface area contributed by atoms with Crippen molar-refractivity contribution in [3.05, 3.63) is 23.9 Å². The van der Waals surface area contributed by atoms with Crippen LogP contribution in [0.3, 0.4) is 0 Å². The van der Waals surface area contributed by atoms with Gasteiger partial charge in [-0.25, -0.2) is 4.98 Å². The van der Waals surface area contributed by atoms with Crippen LogP contribution in [0.25, 0.3) is 0 Å². The highest BCUT2D eigenvalue weighted by atomic mass is 15.3. The van der Waals surface area contributed by atoms with Crippen molar-refractivity contribution in [2.75, 3.05) is 38.1 Å². The Hall–Kier alpha value is -1.13. The molecule has 0 bridgehead atoms. The number of pyridine rings is 1. The lowest BCUT2D eigenvalue weighted by molar-refractivity contribution is 0.213. The number of aromatic nitrogens is 1. The van der Waals surface area contributed by atoms with Crippen LogP contribution in [0.5, 0.6) is 0 Å². The van der Waals surface area contributed by atoms with Crippen LogP contribution in [0.15, 0.2) is 18.3 Å². The van der Waals surface area contributed by atoms with Gasteiger partial charge in [0.15, 0.2) is 0 Å². The summed E-state index contributed by atoms with van der Waals surface area (Å²) in [5, 5.41) is 3.46. The van der Waals surface area contributed by atoms with Crippen LogP contribution >= 0.6 is 0 Å². The van der Waals surface area contributed by atoms with E-state index in [-0.39, 0.29) is 0 Å². The van der Waals surface area contributed by atoms with Crippen LogP contribution in [0.2, 0.25) is 0 Å². The zero-order valence-electron chi connectivity index (χ0n) is 13.3. The van der Waals surface area contributed by atoms with Gasteiger partial charge in [-0.2, -0.15) is 0 Å². The maximum Gasteiger partial charge on any atom is 0.128 e. The van der Waals surface area contributed by atoms with Gasteiger partial charge in [0.2, 0.25) is 0 Å². The molecule has 1 aliphatic rings. The van der Waals surface area contributed by atoms with Crippen LogP contribution in [0.1, 0.15) is 38.8 Å². The van der Waals surface area contributed by atoms with Gasteiger partial charge < -0.3 is 10.2 Å². The normalized spacial score (nSPS) is 22.0. The van der Waals surface area contributed by atoms with Crippen LogP contribution in [-0.4, -0.2) is 49.2 Å². The van der Waals surface area contributed by atoms with E-state index in [1.807, 2.05) is 6.20 Å². The lowest BCUT2D eigenvalue weighted by atomic mass is 10.1. The third kappa shape index (κ3) is 3.49. The zero-order valence-corrected chi connectivity index (χ0v) is 13.3. The Kier molecular flexibility index (Phi) is 5.38. The molecule has 4 nitrogen and oxygen atoms in total. The molecule has 2 heterocycles. The molecule has 1 N–H and O–H groups in total. The van der Waals surface area contributed by atoms with Crippen LogP contribution < -0.4 is 10.2 Å². The van der Waals surface area contributed by atoms with Crippen molar-refractivity contribution in [1.82, 2.24) is 15.2 Å². The van der Waals surface area contributed by atoms with E-state index >= 15 is 0 Å². The monoisotopic (exact) mass is 276 g/mol. The third-order valence-electron chi connectivity index (χ3n) is 4.35. The molecule has 0 amide bonds. The summed E-state index contributed by atoms with van der Waals surface area (Å²) in [6.45, 7) is 10.9. The number of nitrogens with one attached hydrogen (secondary N) is 1. The standard InChI is InChI=1S/C16H28N4/c1-5-15-12-20(10-9-19(15)4)16-11-14(7-8-18-16)13(3)17-6-2/h7-8,11,13,15,17H,5-6,9-10,12H2,1-4H3. The van der Waals surface area contributed by atoms with Gasteiger partial charge in [-0.1, -0.05) is 13.8 Å². The number of piperazine rings is 1. The van der Waals surface area contributed by atoms with E-state index in [0.29, 0.717) is 12.1 Å². The Bertz CT molecular complexity index is 421. The van der Waals surface area contributed by atoms with E-state index < -0.39 is 0 Å². The molecule has 2 atom stereocenters. The average molecular weight is 276 g/mol. The third-order valence-corrected chi connectivity index (χ3v) is 4.35. The summed E-state index contributed by atoms with van der Waals surface area (Å²) in [5.41, 5.74) is 1.32. The van der Waals surface area contributed by atoms with Crippen LogP contribution in [-0.2, 0) is 0 Å². The Morgan fingerprint density at radius 3 is 2.90 bits per heavy atom. The Morgan fingerprint density at radius 2 is 2.20 bits per heavy atom. The molecule has 20 heavy (non-hydrogen) atoms. The van der Waals surface area contributed by atoms with Crippen LogP contribution in [0, 0.1) is 0 Å². The lowest BCUT2D eigenvalue weighted by Crippen LogP contribution is -2.51. The van der Waals surface area contributed by atoms with E-state index in [1.54, 1.807) is 0 Å². The maximum absolute atomic E-state index is 4.58. The Labute approximate surface area is 123 Å². The smallest absolute Gasteiger partial charge is 0.128 e. The van der Waals surface area contributed by atoms with Gasteiger partial charge in [0.25, 0.3) is 0 Å². The molecule has 112 valence electrons. The first-order valence-corrected chi connectivity index (χ1v) is 7.80. The summed E-state index contributed by atoms with van der Waals surface area (Å²) in [6.07, 6.45) is 3.14. The maximum atomic E-state index is 4.58. The highest BCUT2D eigenvalue weighted by Crippen LogP contribution is 2.21.